The van der Waals surface area contributed by atoms with Crippen molar-refractivity contribution in [3.05, 3.63) is 33.3 Å². The van der Waals surface area contributed by atoms with E-state index in [1.807, 2.05) is 0 Å². The van der Waals surface area contributed by atoms with Gasteiger partial charge in [0.1, 0.15) is 16.4 Å². The second kappa shape index (κ2) is 8.43. The Balaban J connectivity index is 1.84. The molecular weight excluding hydrogens is 378 g/mol. The second-order valence-corrected chi connectivity index (χ2v) is 7.41. The van der Waals surface area contributed by atoms with Crippen LogP contribution in [0.2, 0.25) is 5.02 Å². The van der Waals surface area contributed by atoms with Gasteiger partial charge < -0.3 is 19.3 Å². The predicted octanol–water partition coefficient (Wildman–Crippen LogP) is 2.71. The van der Waals surface area contributed by atoms with Crippen molar-refractivity contribution in [2.75, 3.05) is 32.8 Å². The van der Waals surface area contributed by atoms with Crippen molar-refractivity contribution in [3.63, 3.8) is 0 Å². The number of piperazine rings is 1. The maximum atomic E-state index is 12.3. The van der Waals surface area contributed by atoms with E-state index in [0.717, 1.165) is 0 Å². The lowest BCUT2D eigenvalue weighted by atomic mass is 10.2. The molecule has 1 aliphatic rings. The fourth-order valence-corrected chi connectivity index (χ4v) is 2.61. The third-order valence-electron chi connectivity index (χ3n) is 3.76. The molecule has 0 bridgehead atoms. The van der Waals surface area contributed by atoms with Crippen LogP contribution in [-0.4, -0.2) is 65.1 Å². The molecule has 0 N–H and O–H groups in total. The lowest BCUT2D eigenvalue weighted by Gasteiger charge is -2.35. The second-order valence-electron chi connectivity index (χ2n) is 7.01. The molecule has 1 aliphatic heterocycles. The molecule has 9 nitrogen and oxygen atoms in total. The Morgan fingerprint density at radius 3 is 2.33 bits per heavy atom. The third-order valence-corrected chi connectivity index (χ3v) is 4.08. The highest BCUT2D eigenvalue weighted by molar-refractivity contribution is 6.32. The molecule has 0 atom stereocenters. The van der Waals surface area contributed by atoms with Crippen LogP contribution in [0.5, 0.6) is 5.75 Å². The van der Waals surface area contributed by atoms with Crippen LogP contribution in [0.15, 0.2) is 18.2 Å². The van der Waals surface area contributed by atoms with E-state index in [4.69, 9.17) is 21.1 Å². The monoisotopic (exact) mass is 399 g/mol. The lowest BCUT2D eigenvalue weighted by Crippen LogP contribution is -2.52. The Bertz CT molecular complexity index is 726. The van der Waals surface area contributed by atoms with Gasteiger partial charge in [0.25, 0.3) is 11.6 Å². The summed E-state index contributed by atoms with van der Waals surface area (Å²) in [5.41, 5.74) is -0.855. The van der Waals surface area contributed by atoms with Crippen LogP contribution in [0.3, 0.4) is 0 Å². The summed E-state index contributed by atoms with van der Waals surface area (Å²) in [6.45, 7) is 6.59. The van der Waals surface area contributed by atoms with Gasteiger partial charge in [-0.25, -0.2) is 4.79 Å². The molecule has 1 aromatic rings. The molecule has 2 rings (SSSR count). The molecule has 0 unspecified atom stereocenters. The number of nitrogens with zero attached hydrogens (tertiary/aromatic N) is 3. The van der Waals surface area contributed by atoms with Crippen molar-refractivity contribution >= 4 is 29.3 Å². The van der Waals surface area contributed by atoms with Crippen molar-refractivity contribution < 1.29 is 24.0 Å². The third kappa shape index (κ3) is 5.99. The lowest BCUT2D eigenvalue weighted by molar-refractivity contribution is -0.384. The first-order valence-electron chi connectivity index (χ1n) is 8.39. The van der Waals surface area contributed by atoms with Crippen molar-refractivity contribution in [1.82, 2.24) is 9.80 Å². The smallest absolute Gasteiger partial charge is 0.410 e. The highest BCUT2D eigenvalue weighted by Gasteiger charge is 2.27. The number of ether oxygens (including phenoxy) is 2. The topological polar surface area (TPSA) is 102 Å². The molecule has 148 valence electrons. The predicted molar refractivity (Wildman–Crippen MR) is 98.0 cm³/mol. The first-order chi connectivity index (χ1) is 12.6. The summed E-state index contributed by atoms with van der Waals surface area (Å²) >= 11 is 5.74. The molecule has 0 radical (unpaired) electrons. The number of halogens is 1. The molecule has 1 aromatic carbocycles. The number of hydrogen-bond donors (Lipinski definition) is 0. The number of benzene rings is 1. The van der Waals surface area contributed by atoms with Crippen LogP contribution < -0.4 is 4.74 Å². The average Bonchev–Trinajstić information content (AvgIpc) is 2.59. The number of amides is 2. The van der Waals surface area contributed by atoms with Gasteiger partial charge in [-0.1, -0.05) is 11.6 Å². The summed E-state index contributed by atoms with van der Waals surface area (Å²) in [5.74, 6) is -0.0803. The van der Waals surface area contributed by atoms with Crippen molar-refractivity contribution in [3.8, 4) is 5.75 Å². The molecular formula is C17H22ClN3O6. The van der Waals surface area contributed by atoms with E-state index in [1.165, 1.54) is 18.2 Å². The summed E-state index contributed by atoms with van der Waals surface area (Å²) in [7, 11) is 0. The van der Waals surface area contributed by atoms with Gasteiger partial charge in [0, 0.05) is 26.2 Å². The number of rotatable bonds is 4. The number of carbonyl (C=O) groups is 2. The van der Waals surface area contributed by atoms with Crippen LogP contribution in [0.4, 0.5) is 10.5 Å². The van der Waals surface area contributed by atoms with Crippen LogP contribution >= 0.6 is 11.6 Å². The molecule has 0 aliphatic carbocycles. The number of nitro benzene ring substituents is 1. The standard InChI is InChI=1S/C17H22ClN3O6/c1-17(2,3)27-16(23)20-8-6-19(7-9-20)15(22)11-26-12-4-5-13(18)14(10-12)21(24)25/h4-5,10H,6-9,11H2,1-3H3. The maximum Gasteiger partial charge on any atom is 0.410 e. The largest absolute Gasteiger partial charge is 0.484 e. The van der Waals surface area contributed by atoms with Crippen LogP contribution in [0.1, 0.15) is 20.8 Å². The van der Waals surface area contributed by atoms with Gasteiger partial charge in [0.05, 0.1) is 11.0 Å². The van der Waals surface area contributed by atoms with Gasteiger partial charge in [-0.3, -0.25) is 14.9 Å². The summed E-state index contributed by atoms with van der Waals surface area (Å²) in [5, 5.41) is 10.9. The maximum absolute atomic E-state index is 12.3. The van der Waals surface area contributed by atoms with Crippen LogP contribution in [0.25, 0.3) is 0 Å². The van der Waals surface area contributed by atoms with Crippen LogP contribution in [-0.2, 0) is 9.53 Å². The zero-order valence-electron chi connectivity index (χ0n) is 15.4. The molecule has 0 aromatic heterocycles. The quantitative estimate of drug-likeness (QED) is 0.569. The molecule has 0 spiro atoms. The Kier molecular flexibility index (Phi) is 6.48. The minimum Gasteiger partial charge on any atom is -0.484 e. The van der Waals surface area contributed by atoms with Gasteiger partial charge in [0.2, 0.25) is 0 Å². The summed E-state index contributed by atoms with van der Waals surface area (Å²) in [6, 6.07) is 3.98. The first-order valence-corrected chi connectivity index (χ1v) is 8.77. The van der Waals surface area contributed by atoms with Gasteiger partial charge in [0.15, 0.2) is 6.61 Å². The number of hydrogen-bond acceptors (Lipinski definition) is 6. The minimum absolute atomic E-state index is 0.00283. The first kappa shape index (κ1) is 20.8. The fraction of sp³-hybridized carbons (Fsp3) is 0.529. The molecule has 2 amide bonds. The van der Waals surface area contributed by atoms with E-state index < -0.39 is 16.6 Å². The highest BCUT2D eigenvalue weighted by atomic mass is 35.5. The molecule has 27 heavy (non-hydrogen) atoms. The van der Waals surface area contributed by atoms with Crippen LogP contribution in [0, 0.1) is 10.1 Å². The van der Waals surface area contributed by atoms with E-state index in [9.17, 15) is 19.7 Å². The zero-order valence-corrected chi connectivity index (χ0v) is 16.2. The van der Waals surface area contributed by atoms with Gasteiger partial charge in [-0.05, 0) is 32.9 Å². The van der Waals surface area contributed by atoms with Crippen molar-refractivity contribution in [2.45, 2.75) is 26.4 Å². The molecule has 1 heterocycles. The Labute approximate surface area is 161 Å². The van der Waals surface area contributed by atoms with Crippen molar-refractivity contribution in [1.29, 1.82) is 0 Å². The highest BCUT2D eigenvalue weighted by Crippen LogP contribution is 2.28. The van der Waals surface area contributed by atoms with Gasteiger partial charge in [-0.2, -0.15) is 0 Å². The summed E-state index contributed by atoms with van der Waals surface area (Å²) < 4.78 is 10.7. The molecule has 0 saturated carbocycles. The average molecular weight is 400 g/mol. The van der Waals surface area contributed by atoms with Gasteiger partial charge in [-0.15, -0.1) is 0 Å². The SMILES string of the molecule is CC(C)(C)OC(=O)N1CCN(C(=O)COc2ccc(Cl)c([N+](=O)[O-])c2)CC1. The van der Waals surface area contributed by atoms with E-state index in [0.29, 0.717) is 26.2 Å². The normalized spacial score (nSPS) is 14.7. The minimum atomic E-state index is -0.618. The summed E-state index contributed by atoms with van der Waals surface area (Å²) in [4.78, 5) is 37.7. The van der Waals surface area contributed by atoms with Crippen molar-refractivity contribution in [2.24, 2.45) is 0 Å². The Morgan fingerprint density at radius 2 is 1.78 bits per heavy atom. The van der Waals surface area contributed by atoms with Gasteiger partial charge >= 0.3 is 6.09 Å². The molecule has 10 heteroatoms. The fourth-order valence-electron chi connectivity index (χ4n) is 2.42. The van der Waals surface area contributed by atoms with E-state index in [2.05, 4.69) is 0 Å². The Morgan fingerprint density at radius 1 is 1.19 bits per heavy atom. The molecule has 1 fully saturated rings. The zero-order chi connectivity index (χ0) is 20.2. The van der Waals surface area contributed by atoms with E-state index >= 15 is 0 Å². The number of nitro groups is 1. The summed E-state index contributed by atoms with van der Waals surface area (Å²) in [6.07, 6.45) is -0.403. The molecule has 1 saturated heterocycles. The number of carbonyl (C=O) groups excluding carboxylic acids is 2. The Hall–Kier alpha value is -2.55. The van der Waals surface area contributed by atoms with E-state index in [-0.39, 0.29) is 29.0 Å². The van der Waals surface area contributed by atoms with E-state index in [1.54, 1.807) is 30.6 Å².